The fourth-order valence-electron chi connectivity index (χ4n) is 1.31. The van der Waals surface area contributed by atoms with Gasteiger partial charge in [-0.1, -0.05) is 26.0 Å². The molecule has 3 N–H and O–H groups in total. The molecule has 0 bridgehead atoms. The lowest BCUT2D eigenvalue weighted by Gasteiger charge is -2.07. The van der Waals surface area contributed by atoms with Gasteiger partial charge in [-0.2, -0.15) is 0 Å². The van der Waals surface area contributed by atoms with Gasteiger partial charge in [0.2, 0.25) is 0 Å². The van der Waals surface area contributed by atoms with Crippen molar-refractivity contribution in [3.63, 3.8) is 0 Å². The molecule has 2 heteroatoms. The first-order valence-corrected chi connectivity index (χ1v) is 5.23. The normalized spacial score (nSPS) is 10.8. The minimum absolute atomic E-state index is 0.724. The van der Waals surface area contributed by atoms with Gasteiger partial charge < -0.3 is 11.1 Å². The highest BCUT2D eigenvalue weighted by atomic mass is 14.8. The zero-order chi connectivity index (χ0) is 10.4. The van der Waals surface area contributed by atoms with Crippen LogP contribution in [-0.4, -0.2) is 13.1 Å². The quantitative estimate of drug-likeness (QED) is 0.553. The van der Waals surface area contributed by atoms with Gasteiger partial charge in [-0.05, 0) is 43.1 Å². The molecule has 0 aliphatic carbocycles. The largest absolute Gasteiger partial charge is 0.399 e. The predicted molar refractivity (Wildman–Crippen MR) is 62.3 cm³/mol. The standard InChI is InChI=1S/C12H20N2/c1-10(2)9-14-8-7-11-3-5-12(13)6-4-11/h3-6,10,14H,7-9,13H2,1-2H3. The van der Waals surface area contributed by atoms with Crippen LogP contribution >= 0.6 is 0 Å². The average Bonchev–Trinajstić information content (AvgIpc) is 2.15. The second-order valence-corrected chi connectivity index (χ2v) is 4.09. The van der Waals surface area contributed by atoms with Crippen molar-refractivity contribution in [3.05, 3.63) is 29.8 Å². The summed E-state index contributed by atoms with van der Waals surface area (Å²) in [5.41, 5.74) is 7.79. The molecule has 14 heavy (non-hydrogen) atoms. The molecule has 0 heterocycles. The lowest BCUT2D eigenvalue weighted by atomic mass is 10.1. The molecule has 1 rings (SSSR count). The number of rotatable bonds is 5. The SMILES string of the molecule is CC(C)CNCCc1ccc(N)cc1. The van der Waals surface area contributed by atoms with Crippen molar-refractivity contribution in [2.24, 2.45) is 5.92 Å². The van der Waals surface area contributed by atoms with E-state index in [0.717, 1.165) is 31.1 Å². The maximum absolute atomic E-state index is 5.61. The van der Waals surface area contributed by atoms with Crippen molar-refractivity contribution in [1.29, 1.82) is 0 Å². The van der Waals surface area contributed by atoms with Gasteiger partial charge in [-0.3, -0.25) is 0 Å². The van der Waals surface area contributed by atoms with E-state index in [9.17, 15) is 0 Å². The smallest absolute Gasteiger partial charge is 0.0314 e. The van der Waals surface area contributed by atoms with Crippen LogP contribution in [0.4, 0.5) is 5.69 Å². The number of nitrogens with two attached hydrogens (primary N) is 1. The molecule has 0 spiro atoms. The van der Waals surface area contributed by atoms with Crippen LogP contribution in [0.1, 0.15) is 19.4 Å². The van der Waals surface area contributed by atoms with Crippen LogP contribution in [0.2, 0.25) is 0 Å². The summed E-state index contributed by atoms with van der Waals surface area (Å²) < 4.78 is 0. The van der Waals surface area contributed by atoms with Gasteiger partial charge in [0.25, 0.3) is 0 Å². The number of nitrogens with one attached hydrogen (secondary N) is 1. The Hall–Kier alpha value is -1.02. The summed E-state index contributed by atoms with van der Waals surface area (Å²) in [5, 5.41) is 3.42. The third kappa shape index (κ3) is 4.28. The first-order valence-electron chi connectivity index (χ1n) is 5.23. The number of nitrogen functional groups attached to an aromatic ring is 1. The summed E-state index contributed by atoms with van der Waals surface area (Å²) in [6.07, 6.45) is 1.08. The molecule has 1 aromatic carbocycles. The number of hydrogen-bond donors (Lipinski definition) is 2. The van der Waals surface area contributed by atoms with E-state index in [1.54, 1.807) is 0 Å². The monoisotopic (exact) mass is 192 g/mol. The highest BCUT2D eigenvalue weighted by molar-refractivity contribution is 5.39. The Balaban J connectivity index is 2.21. The van der Waals surface area contributed by atoms with Gasteiger partial charge in [0, 0.05) is 5.69 Å². The first kappa shape index (κ1) is 11.1. The minimum atomic E-state index is 0.724. The first-order chi connectivity index (χ1) is 6.68. The van der Waals surface area contributed by atoms with Crippen LogP contribution in [0.5, 0.6) is 0 Å². The van der Waals surface area contributed by atoms with E-state index in [0.29, 0.717) is 0 Å². The lowest BCUT2D eigenvalue weighted by Crippen LogP contribution is -2.22. The molecule has 78 valence electrons. The van der Waals surface area contributed by atoms with E-state index in [-0.39, 0.29) is 0 Å². The summed E-state index contributed by atoms with van der Waals surface area (Å²) in [6.45, 7) is 6.57. The fraction of sp³-hybridized carbons (Fsp3) is 0.500. The van der Waals surface area contributed by atoms with Gasteiger partial charge >= 0.3 is 0 Å². The lowest BCUT2D eigenvalue weighted by molar-refractivity contribution is 0.554. The summed E-state index contributed by atoms with van der Waals surface area (Å²) in [7, 11) is 0. The van der Waals surface area contributed by atoms with E-state index in [1.165, 1.54) is 5.56 Å². The Morgan fingerprint density at radius 2 is 1.86 bits per heavy atom. The summed E-state index contributed by atoms with van der Waals surface area (Å²) in [6, 6.07) is 8.09. The zero-order valence-electron chi connectivity index (χ0n) is 9.09. The minimum Gasteiger partial charge on any atom is -0.399 e. The number of hydrogen-bond acceptors (Lipinski definition) is 2. The third-order valence-electron chi connectivity index (χ3n) is 2.12. The number of benzene rings is 1. The molecular weight excluding hydrogens is 172 g/mol. The molecule has 0 saturated carbocycles. The molecule has 0 radical (unpaired) electrons. The van der Waals surface area contributed by atoms with Crippen LogP contribution in [0.25, 0.3) is 0 Å². The molecule has 2 nitrogen and oxygen atoms in total. The van der Waals surface area contributed by atoms with Crippen LogP contribution in [0, 0.1) is 5.92 Å². The molecular formula is C12H20N2. The van der Waals surface area contributed by atoms with Gasteiger partial charge in [0.15, 0.2) is 0 Å². The molecule has 0 fully saturated rings. The summed E-state index contributed by atoms with van der Waals surface area (Å²) >= 11 is 0. The van der Waals surface area contributed by atoms with E-state index in [2.05, 4.69) is 31.3 Å². The Morgan fingerprint density at radius 3 is 2.43 bits per heavy atom. The maximum Gasteiger partial charge on any atom is 0.0314 e. The van der Waals surface area contributed by atoms with Crippen LogP contribution in [-0.2, 0) is 6.42 Å². The molecule has 0 amide bonds. The molecule has 0 aliphatic heterocycles. The number of anilines is 1. The van der Waals surface area contributed by atoms with Gasteiger partial charge in [-0.25, -0.2) is 0 Å². The highest BCUT2D eigenvalue weighted by Gasteiger charge is 1.94. The Kier molecular flexibility index (Phi) is 4.47. The molecule has 0 saturated heterocycles. The van der Waals surface area contributed by atoms with E-state index < -0.39 is 0 Å². The van der Waals surface area contributed by atoms with Gasteiger partial charge in [0.05, 0.1) is 0 Å². The van der Waals surface area contributed by atoms with Crippen molar-refractivity contribution >= 4 is 5.69 Å². The van der Waals surface area contributed by atoms with Crippen molar-refractivity contribution < 1.29 is 0 Å². The van der Waals surface area contributed by atoms with Crippen molar-refractivity contribution in [3.8, 4) is 0 Å². The average molecular weight is 192 g/mol. The van der Waals surface area contributed by atoms with Gasteiger partial charge in [-0.15, -0.1) is 0 Å². The Labute approximate surface area is 86.5 Å². The van der Waals surface area contributed by atoms with E-state index >= 15 is 0 Å². The predicted octanol–water partition coefficient (Wildman–Crippen LogP) is 2.06. The molecule has 0 aromatic heterocycles. The third-order valence-corrected chi connectivity index (χ3v) is 2.12. The maximum atomic E-state index is 5.61. The Bertz CT molecular complexity index is 252. The molecule has 0 unspecified atom stereocenters. The summed E-state index contributed by atoms with van der Waals surface area (Å²) in [4.78, 5) is 0. The molecule has 0 atom stereocenters. The van der Waals surface area contributed by atoms with Crippen LogP contribution in [0.3, 0.4) is 0 Å². The molecule has 1 aromatic rings. The second-order valence-electron chi connectivity index (χ2n) is 4.09. The van der Waals surface area contributed by atoms with Crippen LogP contribution in [0.15, 0.2) is 24.3 Å². The zero-order valence-corrected chi connectivity index (χ0v) is 9.09. The fourth-order valence-corrected chi connectivity index (χ4v) is 1.31. The van der Waals surface area contributed by atoms with Crippen LogP contribution < -0.4 is 11.1 Å². The summed E-state index contributed by atoms with van der Waals surface area (Å²) in [5.74, 6) is 0.724. The van der Waals surface area contributed by atoms with Gasteiger partial charge in [0.1, 0.15) is 0 Å². The van der Waals surface area contributed by atoms with E-state index in [1.807, 2.05) is 12.1 Å². The topological polar surface area (TPSA) is 38.0 Å². The van der Waals surface area contributed by atoms with Crippen molar-refractivity contribution in [2.75, 3.05) is 18.8 Å². The highest BCUT2D eigenvalue weighted by Crippen LogP contribution is 2.05. The van der Waals surface area contributed by atoms with Crippen molar-refractivity contribution in [1.82, 2.24) is 5.32 Å². The molecule has 0 aliphatic rings. The second kappa shape index (κ2) is 5.66. The van der Waals surface area contributed by atoms with Crippen molar-refractivity contribution in [2.45, 2.75) is 20.3 Å². The Morgan fingerprint density at radius 1 is 1.21 bits per heavy atom. The van der Waals surface area contributed by atoms with E-state index in [4.69, 9.17) is 5.73 Å².